The zero-order valence-corrected chi connectivity index (χ0v) is 17.1. The molecule has 0 fully saturated rings. The molecule has 0 saturated carbocycles. The van der Waals surface area contributed by atoms with Crippen LogP contribution in [-0.2, 0) is 6.61 Å². The van der Waals surface area contributed by atoms with Crippen molar-refractivity contribution in [3.8, 4) is 17.2 Å². The lowest BCUT2D eigenvalue weighted by atomic mass is 10.1. The molecule has 3 aromatic carbocycles. The standard InChI is InChI=1S/C24H24FNO4/c1-16(17-7-10-20(25)11-8-17)26-24(27)18-9-12-23(29-3)19(13-18)15-30-22-6-4-5-21(14-22)28-2/h4-14,16H,15H2,1-3H3,(H,26,27)/t16-/m0/s1. The summed E-state index contributed by atoms with van der Waals surface area (Å²) in [5, 5.41) is 2.93. The molecule has 3 aromatic rings. The third-order valence-electron chi connectivity index (χ3n) is 4.70. The van der Waals surface area contributed by atoms with Gasteiger partial charge in [0.2, 0.25) is 0 Å². The van der Waals surface area contributed by atoms with Crippen LogP contribution in [0.15, 0.2) is 66.7 Å². The zero-order valence-electron chi connectivity index (χ0n) is 17.1. The van der Waals surface area contributed by atoms with Crippen LogP contribution < -0.4 is 19.5 Å². The van der Waals surface area contributed by atoms with Crippen LogP contribution in [-0.4, -0.2) is 20.1 Å². The van der Waals surface area contributed by atoms with E-state index in [9.17, 15) is 9.18 Å². The number of halogens is 1. The Labute approximate surface area is 175 Å². The molecule has 3 rings (SSSR count). The van der Waals surface area contributed by atoms with Crippen molar-refractivity contribution in [1.82, 2.24) is 5.32 Å². The summed E-state index contributed by atoms with van der Waals surface area (Å²) in [4.78, 5) is 12.7. The Morgan fingerprint density at radius 2 is 1.70 bits per heavy atom. The number of hydrogen-bond donors (Lipinski definition) is 1. The molecule has 0 aliphatic rings. The molecule has 0 saturated heterocycles. The summed E-state index contributed by atoms with van der Waals surface area (Å²) in [7, 11) is 3.16. The van der Waals surface area contributed by atoms with E-state index in [-0.39, 0.29) is 24.4 Å². The van der Waals surface area contributed by atoms with Gasteiger partial charge in [-0.25, -0.2) is 4.39 Å². The summed E-state index contributed by atoms with van der Waals surface area (Å²) in [6, 6.07) is 18.3. The Hall–Kier alpha value is -3.54. The van der Waals surface area contributed by atoms with Gasteiger partial charge in [-0.15, -0.1) is 0 Å². The maximum Gasteiger partial charge on any atom is 0.251 e. The van der Waals surface area contributed by atoms with Crippen molar-refractivity contribution in [2.75, 3.05) is 14.2 Å². The number of methoxy groups -OCH3 is 2. The maximum atomic E-state index is 13.1. The molecule has 1 atom stereocenters. The first-order valence-electron chi connectivity index (χ1n) is 9.50. The summed E-state index contributed by atoms with van der Waals surface area (Å²) >= 11 is 0. The van der Waals surface area contributed by atoms with Gasteiger partial charge in [-0.05, 0) is 55.0 Å². The third-order valence-corrected chi connectivity index (χ3v) is 4.70. The van der Waals surface area contributed by atoms with E-state index in [0.29, 0.717) is 22.8 Å². The van der Waals surface area contributed by atoms with E-state index in [0.717, 1.165) is 11.1 Å². The molecule has 0 unspecified atom stereocenters. The summed E-state index contributed by atoms with van der Waals surface area (Å²) in [6.45, 7) is 2.08. The van der Waals surface area contributed by atoms with E-state index < -0.39 is 0 Å². The molecular formula is C24H24FNO4. The van der Waals surface area contributed by atoms with E-state index in [4.69, 9.17) is 14.2 Å². The van der Waals surface area contributed by atoms with Gasteiger partial charge in [0.05, 0.1) is 20.3 Å². The first kappa shape index (κ1) is 21.2. The lowest BCUT2D eigenvalue weighted by Gasteiger charge is -2.16. The van der Waals surface area contributed by atoms with Gasteiger partial charge in [0.25, 0.3) is 5.91 Å². The molecule has 0 heterocycles. The van der Waals surface area contributed by atoms with Gasteiger partial charge in [0, 0.05) is 17.2 Å². The first-order valence-corrected chi connectivity index (χ1v) is 9.50. The van der Waals surface area contributed by atoms with Gasteiger partial charge in [-0.3, -0.25) is 4.79 Å². The predicted octanol–water partition coefficient (Wildman–Crippen LogP) is 4.91. The van der Waals surface area contributed by atoms with Crippen molar-refractivity contribution in [3.63, 3.8) is 0 Å². The van der Waals surface area contributed by atoms with Crippen molar-refractivity contribution in [1.29, 1.82) is 0 Å². The predicted molar refractivity (Wildman–Crippen MR) is 113 cm³/mol. The van der Waals surface area contributed by atoms with Gasteiger partial charge in [0.1, 0.15) is 29.7 Å². The van der Waals surface area contributed by atoms with E-state index in [1.54, 1.807) is 50.6 Å². The molecule has 30 heavy (non-hydrogen) atoms. The Morgan fingerprint density at radius 3 is 2.40 bits per heavy atom. The number of nitrogens with one attached hydrogen (secondary N) is 1. The van der Waals surface area contributed by atoms with E-state index in [1.807, 2.05) is 25.1 Å². The molecule has 0 bridgehead atoms. The second-order valence-corrected chi connectivity index (χ2v) is 6.74. The van der Waals surface area contributed by atoms with Gasteiger partial charge in [0.15, 0.2) is 0 Å². The molecule has 0 aromatic heterocycles. The average Bonchev–Trinajstić information content (AvgIpc) is 2.78. The highest BCUT2D eigenvalue weighted by molar-refractivity contribution is 5.94. The normalized spacial score (nSPS) is 11.5. The molecular weight excluding hydrogens is 385 g/mol. The molecule has 0 spiro atoms. The molecule has 5 nitrogen and oxygen atoms in total. The van der Waals surface area contributed by atoms with Crippen LogP contribution in [0, 0.1) is 5.82 Å². The minimum absolute atomic E-state index is 0.227. The molecule has 0 radical (unpaired) electrons. The van der Waals surface area contributed by atoms with Crippen molar-refractivity contribution >= 4 is 5.91 Å². The lowest BCUT2D eigenvalue weighted by Crippen LogP contribution is -2.26. The number of ether oxygens (including phenoxy) is 3. The molecule has 1 amide bonds. The summed E-state index contributed by atoms with van der Waals surface area (Å²) in [6.07, 6.45) is 0. The Balaban J connectivity index is 1.72. The third kappa shape index (κ3) is 5.29. The SMILES string of the molecule is COc1cccc(OCc2cc(C(=O)N[C@@H](C)c3ccc(F)cc3)ccc2OC)c1. The molecule has 0 aliphatic heterocycles. The van der Waals surface area contributed by atoms with Crippen molar-refractivity contribution in [3.05, 3.63) is 89.2 Å². The second kappa shape index (κ2) is 9.78. The maximum absolute atomic E-state index is 13.1. The Bertz CT molecular complexity index is 1000. The van der Waals surface area contributed by atoms with Gasteiger partial charge >= 0.3 is 0 Å². The highest BCUT2D eigenvalue weighted by atomic mass is 19.1. The molecule has 1 N–H and O–H groups in total. The van der Waals surface area contributed by atoms with Crippen LogP contribution in [0.3, 0.4) is 0 Å². The summed E-state index contributed by atoms with van der Waals surface area (Å²) in [5.41, 5.74) is 2.04. The van der Waals surface area contributed by atoms with Crippen molar-refractivity contribution in [2.45, 2.75) is 19.6 Å². The number of carbonyl (C=O) groups excluding carboxylic acids is 1. The molecule has 6 heteroatoms. The number of amides is 1. The Morgan fingerprint density at radius 1 is 0.967 bits per heavy atom. The fourth-order valence-electron chi connectivity index (χ4n) is 3.00. The van der Waals surface area contributed by atoms with E-state index >= 15 is 0 Å². The van der Waals surface area contributed by atoms with Crippen molar-refractivity contribution in [2.24, 2.45) is 0 Å². The second-order valence-electron chi connectivity index (χ2n) is 6.74. The summed E-state index contributed by atoms with van der Waals surface area (Å²) in [5.74, 6) is 1.42. The average molecular weight is 409 g/mol. The summed E-state index contributed by atoms with van der Waals surface area (Å²) < 4.78 is 29.6. The van der Waals surface area contributed by atoms with Crippen LogP contribution in [0.2, 0.25) is 0 Å². The topological polar surface area (TPSA) is 56.8 Å². The monoisotopic (exact) mass is 409 g/mol. The largest absolute Gasteiger partial charge is 0.497 e. The fraction of sp³-hybridized carbons (Fsp3) is 0.208. The number of benzene rings is 3. The number of rotatable bonds is 8. The van der Waals surface area contributed by atoms with Gasteiger partial charge < -0.3 is 19.5 Å². The van der Waals surface area contributed by atoms with Gasteiger partial charge in [-0.1, -0.05) is 18.2 Å². The van der Waals surface area contributed by atoms with Crippen LogP contribution >= 0.6 is 0 Å². The number of hydrogen-bond acceptors (Lipinski definition) is 4. The molecule has 156 valence electrons. The number of carbonyl (C=O) groups is 1. The van der Waals surface area contributed by atoms with E-state index in [1.165, 1.54) is 12.1 Å². The lowest BCUT2D eigenvalue weighted by molar-refractivity contribution is 0.0939. The first-order chi connectivity index (χ1) is 14.5. The zero-order chi connectivity index (χ0) is 21.5. The fourth-order valence-corrected chi connectivity index (χ4v) is 3.00. The van der Waals surface area contributed by atoms with Crippen LogP contribution in [0.25, 0.3) is 0 Å². The highest BCUT2D eigenvalue weighted by Crippen LogP contribution is 2.25. The van der Waals surface area contributed by atoms with Crippen LogP contribution in [0.5, 0.6) is 17.2 Å². The Kier molecular flexibility index (Phi) is 6.91. The minimum atomic E-state index is -0.312. The van der Waals surface area contributed by atoms with Crippen molar-refractivity contribution < 1.29 is 23.4 Å². The smallest absolute Gasteiger partial charge is 0.251 e. The van der Waals surface area contributed by atoms with E-state index in [2.05, 4.69) is 5.32 Å². The highest BCUT2D eigenvalue weighted by Gasteiger charge is 2.14. The van der Waals surface area contributed by atoms with Crippen LogP contribution in [0.4, 0.5) is 4.39 Å². The quantitative estimate of drug-likeness (QED) is 0.574. The van der Waals surface area contributed by atoms with Crippen LogP contribution in [0.1, 0.15) is 34.5 Å². The van der Waals surface area contributed by atoms with Gasteiger partial charge in [-0.2, -0.15) is 0 Å². The minimum Gasteiger partial charge on any atom is -0.497 e. The molecule has 0 aliphatic carbocycles.